The number of carbonyl (C=O) groups excluding carboxylic acids is 1. The van der Waals surface area contributed by atoms with Crippen LogP contribution in [0.4, 0.5) is 0 Å². The number of fused-ring (bicyclic) bond motifs is 1. The molecular weight excluding hydrogens is 370 g/mol. The number of rotatable bonds is 5. The summed E-state index contributed by atoms with van der Waals surface area (Å²) in [7, 11) is 3.17. The molecule has 0 radical (unpaired) electrons. The molecule has 1 saturated heterocycles. The van der Waals surface area contributed by atoms with Gasteiger partial charge in [0.15, 0.2) is 11.5 Å². The second-order valence-electron chi connectivity index (χ2n) is 7.58. The van der Waals surface area contributed by atoms with Crippen LogP contribution in [0.15, 0.2) is 30.0 Å². The van der Waals surface area contributed by atoms with E-state index < -0.39 is 0 Å². The summed E-state index contributed by atoms with van der Waals surface area (Å²) in [6.07, 6.45) is 4.04. The number of likely N-dealkylation sites (tertiary alicyclic amines) is 1. The fraction of sp³-hybridized carbons (Fsp3) is 0.348. The predicted octanol–water partition coefficient (Wildman–Crippen LogP) is 2.51. The first-order chi connectivity index (χ1) is 14.0. The molecule has 0 atom stereocenters. The Bertz CT molecular complexity index is 989. The highest BCUT2D eigenvalue weighted by Gasteiger charge is 2.35. The van der Waals surface area contributed by atoms with Gasteiger partial charge in [0.2, 0.25) is 5.78 Å². The lowest BCUT2D eigenvalue weighted by atomic mass is 9.99. The highest BCUT2D eigenvalue weighted by Crippen LogP contribution is 2.42. The van der Waals surface area contributed by atoms with Gasteiger partial charge in [-0.15, -0.1) is 0 Å². The number of Topliss-reactive ketones (excluding diaryl/α,β-unsaturated/α-hetero) is 1. The number of aromatic hydroxyl groups is 1. The quantitative estimate of drug-likeness (QED) is 0.760. The van der Waals surface area contributed by atoms with Gasteiger partial charge in [0.05, 0.1) is 38.4 Å². The number of methoxy groups -OCH3 is 2. The molecule has 6 nitrogen and oxygen atoms in total. The zero-order valence-electron chi connectivity index (χ0n) is 17.0. The van der Waals surface area contributed by atoms with Crippen LogP contribution in [-0.2, 0) is 6.54 Å². The first-order valence-electron chi connectivity index (χ1n) is 9.87. The van der Waals surface area contributed by atoms with Gasteiger partial charge in [0.25, 0.3) is 0 Å². The number of quaternary nitrogens is 1. The first kappa shape index (κ1) is 19.3. The summed E-state index contributed by atoms with van der Waals surface area (Å²) >= 11 is 0. The van der Waals surface area contributed by atoms with Gasteiger partial charge < -0.3 is 24.2 Å². The van der Waals surface area contributed by atoms with Crippen molar-refractivity contribution in [3.05, 3.63) is 52.3 Å². The average molecular weight is 396 g/mol. The van der Waals surface area contributed by atoms with Crippen molar-refractivity contribution in [2.75, 3.05) is 27.3 Å². The molecule has 2 aromatic rings. The maximum Gasteiger partial charge on any atom is 0.232 e. The Morgan fingerprint density at radius 1 is 1.17 bits per heavy atom. The summed E-state index contributed by atoms with van der Waals surface area (Å²) in [5.41, 5.74) is 2.64. The van der Waals surface area contributed by atoms with Gasteiger partial charge in [-0.1, -0.05) is 0 Å². The molecule has 29 heavy (non-hydrogen) atoms. The van der Waals surface area contributed by atoms with E-state index in [2.05, 4.69) is 0 Å². The number of ketones is 1. The molecule has 4 rings (SSSR count). The molecule has 0 saturated carbocycles. The summed E-state index contributed by atoms with van der Waals surface area (Å²) in [6, 6.07) is 7.05. The van der Waals surface area contributed by atoms with Crippen LogP contribution in [0.2, 0.25) is 0 Å². The van der Waals surface area contributed by atoms with Gasteiger partial charge in [-0.2, -0.15) is 0 Å². The molecule has 0 spiro atoms. The molecule has 1 fully saturated rings. The second kappa shape index (κ2) is 7.79. The summed E-state index contributed by atoms with van der Waals surface area (Å²) in [6.45, 7) is 4.61. The maximum atomic E-state index is 13.1. The van der Waals surface area contributed by atoms with E-state index in [1.807, 2.05) is 6.92 Å². The third-order valence-corrected chi connectivity index (χ3v) is 5.68. The van der Waals surface area contributed by atoms with Crippen LogP contribution in [0, 0.1) is 6.92 Å². The number of ether oxygens (including phenoxy) is 3. The Balaban J connectivity index is 1.75. The topological polar surface area (TPSA) is 69.4 Å². The molecule has 0 aromatic heterocycles. The largest absolute Gasteiger partial charge is 0.507 e. The number of aryl methyl sites for hydroxylation is 1. The van der Waals surface area contributed by atoms with E-state index >= 15 is 0 Å². The number of allylic oxidation sites excluding steroid dienone is 1. The van der Waals surface area contributed by atoms with E-state index in [4.69, 9.17) is 14.2 Å². The Morgan fingerprint density at radius 2 is 1.93 bits per heavy atom. The number of nitrogens with one attached hydrogen (secondary N) is 1. The van der Waals surface area contributed by atoms with Crippen molar-refractivity contribution in [1.82, 2.24) is 0 Å². The smallest absolute Gasteiger partial charge is 0.232 e. The van der Waals surface area contributed by atoms with Gasteiger partial charge in [-0.3, -0.25) is 4.79 Å². The van der Waals surface area contributed by atoms with Crippen LogP contribution >= 0.6 is 0 Å². The zero-order chi connectivity index (χ0) is 20.5. The molecule has 2 aromatic carbocycles. The van der Waals surface area contributed by atoms with Crippen molar-refractivity contribution in [2.24, 2.45) is 0 Å². The van der Waals surface area contributed by atoms with Crippen molar-refractivity contribution >= 4 is 11.9 Å². The third kappa shape index (κ3) is 3.56. The minimum atomic E-state index is -0.181. The Kier molecular flexibility index (Phi) is 5.20. The van der Waals surface area contributed by atoms with E-state index in [9.17, 15) is 9.90 Å². The molecule has 152 valence electrons. The van der Waals surface area contributed by atoms with Crippen LogP contribution in [0.5, 0.6) is 23.0 Å². The van der Waals surface area contributed by atoms with Gasteiger partial charge in [-0.05, 0) is 42.8 Å². The van der Waals surface area contributed by atoms with Crippen molar-refractivity contribution in [3.8, 4) is 23.0 Å². The number of benzene rings is 2. The molecule has 6 heteroatoms. The predicted molar refractivity (Wildman–Crippen MR) is 109 cm³/mol. The molecule has 2 heterocycles. The summed E-state index contributed by atoms with van der Waals surface area (Å²) in [5.74, 6) is 1.99. The highest BCUT2D eigenvalue weighted by atomic mass is 16.5. The average Bonchev–Trinajstić information content (AvgIpc) is 3.33. The zero-order valence-corrected chi connectivity index (χ0v) is 17.0. The van der Waals surface area contributed by atoms with Gasteiger partial charge in [0.1, 0.15) is 23.8 Å². The lowest BCUT2D eigenvalue weighted by molar-refractivity contribution is -0.901. The molecule has 0 unspecified atom stereocenters. The molecule has 0 aliphatic carbocycles. The lowest BCUT2D eigenvalue weighted by Crippen LogP contribution is -3.08. The summed E-state index contributed by atoms with van der Waals surface area (Å²) in [4.78, 5) is 14.5. The van der Waals surface area contributed by atoms with Crippen LogP contribution < -0.4 is 19.1 Å². The van der Waals surface area contributed by atoms with E-state index in [1.165, 1.54) is 17.7 Å². The number of hydrogen-bond donors (Lipinski definition) is 2. The van der Waals surface area contributed by atoms with E-state index in [0.29, 0.717) is 46.0 Å². The van der Waals surface area contributed by atoms with Crippen LogP contribution in [0.1, 0.15) is 39.9 Å². The lowest BCUT2D eigenvalue weighted by Gasteiger charge is -2.16. The standard InChI is InChI=1S/C23H25NO5/c1-14-10-18(25)17(13-24-8-4-5-9-24)23-21(14)22(26)20(29-23)12-15-11-16(27-2)6-7-19(15)28-3/h6-7,10-12,25H,4-5,8-9,13H2,1-3H3/p+1/b20-12-. The molecule has 2 aliphatic rings. The van der Waals surface area contributed by atoms with Gasteiger partial charge >= 0.3 is 0 Å². The van der Waals surface area contributed by atoms with Gasteiger partial charge in [0, 0.05) is 18.4 Å². The van der Waals surface area contributed by atoms with Crippen LogP contribution in [-0.4, -0.2) is 38.2 Å². The number of hydrogen-bond acceptors (Lipinski definition) is 5. The highest BCUT2D eigenvalue weighted by molar-refractivity contribution is 6.16. The van der Waals surface area contributed by atoms with E-state index in [0.717, 1.165) is 13.1 Å². The fourth-order valence-corrected chi connectivity index (χ4v) is 4.15. The first-order valence-corrected chi connectivity index (χ1v) is 9.87. The normalized spacial score (nSPS) is 17.5. The van der Waals surface area contributed by atoms with Crippen LogP contribution in [0.25, 0.3) is 6.08 Å². The molecule has 0 amide bonds. The number of carbonyl (C=O) groups is 1. The SMILES string of the molecule is COc1ccc(OC)c(/C=C2\Oc3c(C[NH+]4CCCC4)c(O)cc(C)c3C2=O)c1. The van der Waals surface area contributed by atoms with Gasteiger partial charge in [-0.25, -0.2) is 0 Å². The molecule has 2 N–H and O–H groups in total. The van der Waals surface area contributed by atoms with Crippen LogP contribution in [0.3, 0.4) is 0 Å². The second-order valence-corrected chi connectivity index (χ2v) is 7.58. The molecular formula is C23H26NO5+. The minimum Gasteiger partial charge on any atom is -0.507 e. The summed E-state index contributed by atoms with van der Waals surface area (Å²) < 4.78 is 16.7. The Hall–Kier alpha value is -2.99. The molecule has 0 bridgehead atoms. The van der Waals surface area contributed by atoms with E-state index in [-0.39, 0.29) is 17.3 Å². The summed E-state index contributed by atoms with van der Waals surface area (Å²) in [5, 5.41) is 10.6. The minimum absolute atomic E-state index is 0.181. The number of phenolic OH excluding ortho intramolecular Hbond substituents is 1. The Labute approximate surface area is 170 Å². The fourth-order valence-electron chi connectivity index (χ4n) is 4.15. The van der Waals surface area contributed by atoms with Crippen molar-refractivity contribution in [3.63, 3.8) is 0 Å². The third-order valence-electron chi connectivity index (χ3n) is 5.68. The monoisotopic (exact) mass is 396 g/mol. The Morgan fingerprint density at radius 3 is 2.62 bits per heavy atom. The molecule has 2 aliphatic heterocycles. The van der Waals surface area contributed by atoms with E-state index in [1.54, 1.807) is 44.6 Å². The van der Waals surface area contributed by atoms with Crippen molar-refractivity contribution in [2.45, 2.75) is 26.3 Å². The van der Waals surface area contributed by atoms with Crippen molar-refractivity contribution < 1.29 is 29.0 Å². The van der Waals surface area contributed by atoms with Crippen molar-refractivity contribution in [1.29, 1.82) is 0 Å². The maximum absolute atomic E-state index is 13.1. The number of phenols is 1.